The summed E-state index contributed by atoms with van der Waals surface area (Å²) in [5.41, 5.74) is 4.29. The van der Waals surface area contributed by atoms with E-state index >= 15 is 0 Å². The molecule has 1 aliphatic rings. The maximum Gasteiger partial charge on any atom is 0.185 e. The van der Waals surface area contributed by atoms with Crippen LogP contribution in [0.2, 0.25) is 0 Å². The molecule has 0 saturated carbocycles. The summed E-state index contributed by atoms with van der Waals surface area (Å²) in [5, 5.41) is 0. The standard InChI is InChI=1S/C12H4F6N2/c13-5-1-3(7(15)11(19)9(5)17)2-4(1)8(16)12(20)10(18)6(2)14/h19-20H2. The SMILES string of the molecule is Nc1c(F)c(F)c2c(c1F)-c1c(F)c(F)c(N)c(F)c1-2. The molecule has 3 rings (SSSR count). The Morgan fingerprint density at radius 3 is 0.950 bits per heavy atom. The first-order valence-electron chi connectivity index (χ1n) is 5.21. The molecule has 2 nitrogen and oxygen atoms in total. The molecule has 2 aromatic rings. The molecular formula is C12H4F6N2. The van der Waals surface area contributed by atoms with E-state index in [0.29, 0.717) is 0 Å². The first-order chi connectivity index (χ1) is 9.29. The summed E-state index contributed by atoms with van der Waals surface area (Å²) in [4.78, 5) is 0. The second-order valence-corrected chi connectivity index (χ2v) is 4.21. The molecule has 0 bridgehead atoms. The summed E-state index contributed by atoms with van der Waals surface area (Å²) in [6.45, 7) is 0. The van der Waals surface area contributed by atoms with Gasteiger partial charge in [0.25, 0.3) is 0 Å². The summed E-state index contributed by atoms with van der Waals surface area (Å²) in [7, 11) is 0. The minimum Gasteiger partial charge on any atom is -0.394 e. The highest BCUT2D eigenvalue weighted by molar-refractivity contribution is 6.05. The average molecular weight is 290 g/mol. The van der Waals surface area contributed by atoms with E-state index in [9.17, 15) is 26.3 Å². The zero-order chi connectivity index (χ0) is 14.9. The fourth-order valence-corrected chi connectivity index (χ4v) is 2.23. The fraction of sp³-hybridized carbons (Fsp3) is 0. The summed E-state index contributed by atoms with van der Waals surface area (Å²) in [6, 6.07) is 0. The van der Waals surface area contributed by atoms with Gasteiger partial charge in [0.2, 0.25) is 0 Å². The molecule has 8 heteroatoms. The summed E-state index contributed by atoms with van der Waals surface area (Å²) in [5.74, 6) is -9.70. The van der Waals surface area contributed by atoms with Crippen molar-refractivity contribution in [1.82, 2.24) is 0 Å². The van der Waals surface area contributed by atoms with Crippen molar-refractivity contribution in [3.63, 3.8) is 0 Å². The van der Waals surface area contributed by atoms with E-state index in [-0.39, 0.29) is 0 Å². The van der Waals surface area contributed by atoms with Gasteiger partial charge in [0, 0.05) is 22.3 Å². The highest BCUT2D eigenvalue weighted by Gasteiger charge is 2.41. The van der Waals surface area contributed by atoms with Crippen LogP contribution in [0.5, 0.6) is 0 Å². The normalized spacial score (nSPS) is 11.9. The lowest BCUT2D eigenvalue weighted by molar-refractivity contribution is 0.489. The first-order valence-corrected chi connectivity index (χ1v) is 5.21. The number of nitrogens with two attached hydrogens (primary N) is 2. The summed E-state index contributed by atoms with van der Waals surface area (Å²) < 4.78 is 81.4. The molecule has 104 valence electrons. The van der Waals surface area contributed by atoms with Crippen molar-refractivity contribution in [3.05, 3.63) is 34.9 Å². The monoisotopic (exact) mass is 290 g/mol. The first kappa shape index (κ1) is 12.6. The number of hydrogen-bond acceptors (Lipinski definition) is 2. The molecule has 1 aliphatic carbocycles. The van der Waals surface area contributed by atoms with Crippen molar-refractivity contribution < 1.29 is 26.3 Å². The molecule has 0 spiro atoms. The minimum absolute atomic E-state index is 0.799. The van der Waals surface area contributed by atoms with Crippen molar-refractivity contribution in [3.8, 4) is 22.3 Å². The third kappa shape index (κ3) is 1.16. The van der Waals surface area contributed by atoms with Gasteiger partial charge in [-0.2, -0.15) is 0 Å². The van der Waals surface area contributed by atoms with Crippen LogP contribution in [0, 0.1) is 34.9 Å². The Balaban J connectivity index is 2.49. The Morgan fingerprint density at radius 2 is 0.650 bits per heavy atom. The quantitative estimate of drug-likeness (QED) is 0.379. The van der Waals surface area contributed by atoms with Crippen LogP contribution in [0.15, 0.2) is 0 Å². The molecule has 0 fully saturated rings. The molecule has 2 aromatic carbocycles. The summed E-state index contributed by atoms with van der Waals surface area (Å²) in [6.07, 6.45) is 0. The van der Waals surface area contributed by atoms with Gasteiger partial charge in [-0.05, 0) is 0 Å². The highest BCUT2D eigenvalue weighted by Crippen LogP contribution is 2.55. The van der Waals surface area contributed by atoms with Crippen LogP contribution in [0.1, 0.15) is 0 Å². The number of benzene rings is 2. The van der Waals surface area contributed by atoms with Gasteiger partial charge in [-0.15, -0.1) is 0 Å². The van der Waals surface area contributed by atoms with Crippen molar-refractivity contribution in [2.24, 2.45) is 0 Å². The van der Waals surface area contributed by atoms with Crippen molar-refractivity contribution >= 4 is 11.4 Å². The Hall–Kier alpha value is -2.38. The molecule has 0 unspecified atom stereocenters. The lowest BCUT2D eigenvalue weighted by atomic mass is 9.78. The third-order valence-corrected chi connectivity index (χ3v) is 3.21. The zero-order valence-corrected chi connectivity index (χ0v) is 9.42. The molecule has 0 aromatic heterocycles. The van der Waals surface area contributed by atoms with Crippen molar-refractivity contribution in [2.75, 3.05) is 11.5 Å². The third-order valence-electron chi connectivity index (χ3n) is 3.21. The zero-order valence-electron chi connectivity index (χ0n) is 9.42. The van der Waals surface area contributed by atoms with Gasteiger partial charge in [0.1, 0.15) is 11.4 Å². The van der Waals surface area contributed by atoms with Crippen LogP contribution in [-0.4, -0.2) is 0 Å². The lowest BCUT2D eigenvalue weighted by Gasteiger charge is -2.27. The second kappa shape index (κ2) is 3.59. The average Bonchev–Trinajstić information content (AvgIpc) is 2.39. The van der Waals surface area contributed by atoms with E-state index in [1.165, 1.54) is 0 Å². The number of hydrogen-bond donors (Lipinski definition) is 2. The van der Waals surface area contributed by atoms with Gasteiger partial charge in [-0.3, -0.25) is 0 Å². The minimum atomic E-state index is -1.73. The molecule has 0 radical (unpaired) electrons. The Bertz CT molecular complexity index is 652. The maximum absolute atomic E-state index is 13.7. The molecule has 0 saturated heterocycles. The van der Waals surface area contributed by atoms with Gasteiger partial charge in [0.15, 0.2) is 34.9 Å². The van der Waals surface area contributed by atoms with Crippen LogP contribution >= 0.6 is 0 Å². The van der Waals surface area contributed by atoms with Gasteiger partial charge in [-0.25, -0.2) is 26.3 Å². The van der Waals surface area contributed by atoms with Gasteiger partial charge in [0.05, 0.1) is 0 Å². The molecular weight excluding hydrogens is 286 g/mol. The van der Waals surface area contributed by atoms with E-state index < -0.39 is 68.5 Å². The van der Waals surface area contributed by atoms with Crippen LogP contribution < -0.4 is 11.5 Å². The van der Waals surface area contributed by atoms with Crippen LogP contribution in [0.25, 0.3) is 22.3 Å². The molecule has 0 atom stereocenters. The topological polar surface area (TPSA) is 52.0 Å². The number of rotatable bonds is 0. The number of halogens is 6. The van der Waals surface area contributed by atoms with E-state index in [4.69, 9.17) is 11.5 Å². The molecule has 20 heavy (non-hydrogen) atoms. The van der Waals surface area contributed by atoms with Crippen molar-refractivity contribution in [1.29, 1.82) is 0 Å². The van der Waals surface area contributed by atoms with E-state index in [1.54, 1.807) is 0 Å². The Kier molecular flexibility index (Phi) is 2.27. The van der Waals surface area contributed by atoms with E-state index in [0.717, 1.165) is 0 Å². The van der Waals surface area contributed by atoms with E-state index in [2.05, 4.69) is 0 Å². The smallest absolute Gasteiger partial charge is 0.185 e. The number of fused-ring (bicyclic) bond motifs is 4. The molecule has 0 aliphatic heterocycles. The van der Waals surface area contributed by atoms with Gasteiger partial charge >= 0.3 is 0 Å². The van der Waals surface area contributed by atoms with Crippen LogP contribution in [0.3, 0.4) is 0 Å². The Labute approximate surface area is 107 Å². The van der Waals surface area contributed by atoms with Gasteiger partial charge < -0.3 is 11.5 Å². The number of anilines is 2. The van der Waals surface area contributed by atoms with Crippen LogP contribution in [-0.2, 0) is 0 Å². The molecule has 4 N–H and O–H groups in total. The van der Waals surface area contributed by atoms with Crippen molar-refractivity contribution in [2.45, 2.75) is 0 Å². The predicted octanol–water partition coefficient (Wildman–Crippen LogP) is 3.33. The second-order valence-electron chi connectivity index (χ2n) is 4.21. The maximum atomic E-state index is 13.7. The lowest BCUT2D eigenvalue weighted by Crippen LogP contribution is -2.16. The predicted molar refractivity (Wildman–Crippen MR) is 59.4 cm³/mol. The van der Waals surface area contributed by atoms with Crippen LogP contribution in [0.4, 0.5) is 37.7 Å². The molecule has 0 amide bonds. The summed E-state index contributed by atoms with van der Waals surface area (Å²) >= 11 is 0. The number of nitrogen functional groups attached to an aromatic ring is 2. The Morgan fingerprint density at radius 1 is 0.400 bits per heavy atom. The largest absolute Gasteiger partial charge is 0.394 e. The highest BCUT2D eigenvalue weighted by atomic mass is 19.2. The van der Waals surface area contributed by atoms with Gasteiger partial charge in [-0.1, -0.05) is 0 Å². The fourth-order valence-electron chi connectivity index (χ4n) is 2.23. The molecule has 0 heterocycles. The van der Waals surface area contributed by atoms with E-state index in [1.807, 2.05) is 0 Å².